The SMILES string of the molecule is CCN(CC)C(=O)Cn1cccc1C(C)NC. The van der Waals surface area contributed by atoms with E-state index >= 15 is 0 Å². The van der Waals surface area contributed by atoms with Crippen LogP contribution in [0.15, 0.2) is 18.3 Å². The average molecular weight is 237 g/mol. The number of rotatable bonds is 6. The molecule has 1 atom stereocenters. The fraction of sp³-hybridized carbons (Fsp3) is 0.615. The van der Waals surface area contributed by atoms with Crippen LogP contribution in [0.1, 0.15) is 32.5 Å². The zero-order chi connectivity index (χ0) is 12.8. The van der Waals surface area contributed by atoms with Crippen molar-refractivity contribution in [2.45, 2.75) is 33.4 Å². The summed E-state index contributed by atoms with van der Waals surface area (Å²) >= 11 is 0. The molecule has 0 radical (unpaired) electrons. The molecule has 0 bridgehead atoms. The highest BCUT2D eigenvalue weighted by molar-refractivity contribution is 5.76. The first-order valence-corrected chi connectivity index (χ1v) is 6.24. The second-order valence-electron chi connectivity index (χ2n) is 4.14. The van der Waals surface area contributed by atoms with Crippen molar-refractivity contribution >= 4 is 5.91 Å². The highest BCUT2D eigenvalue weighted by atomic mass is 16.2. The minimum atomic E-state index is 0.177. The van der Waals surface area contributed by atoms with Crippen molar-refractivity contribution in [1.29, 1.82) is 0 Å². The van der Waals surface area contributed by atoms with Crippen molar-refractivity contribution in [2.75, 3.05) is 20.1 Å². The quantitative estimate of drug-likeness (QED) is 0.816. The zero-order valence-corrected chi connectivity index (χ0v) is 11.2. The minimum Gasteiger partial charge on any atom is -0.342 e. The van der Waals surface area contributed by atoms with Crippen LogP contribution < -0.4 is 5.32 Å². The van der Waals surface area contributed by atoms with Gasteiger partial charge in [0.2, 0.25) is 5.91 Å². The van der Waals surface area contributed by atoms with Crippen LogP contribution in [0.5, 0.6) is 0 Å². The monoisotopic (exact) mass is 237 g/mol. The molecule has 0 fully saturated rings. The number of likely N-dealkylation sites (N-methyl/N-ethyl adjacent to an activating group) is 1. The van der Waals surface area contributed by atoms with Gasteiger partial charge in [0.25, 0.3) is 0 Å². The van der Waals surface area contributed by atoms with Gasteiger partial charge in [-0.15, -0.1) is 0 Å². The van der Waals surface area contributed by atoms with Gasteiger partial charge in [-0.2, -0.15) is 0 Å². The van der Waals surface area contributed by atoms with Gasteiger partial charge in [-0.3, -0.25) is 4.79 Å². The van der Waals surface area contributed by atoms with Crippen molar-refractivity contribution in [3.63, 3.8) is 0 Å². The Morgan fingerprint density at radius 3 is 2.65 bits per heavy atom. The highest BCUT2D eigenvalue weighted by Crippen LogP contribution is 2.13. The van der Waals surface area contributed by atoms with Crippen LogP contribution in [0, 0.1) is 0 Å². The summed E-state index contributed by atoms with van der Waals surface area (Å²) in [5, 5.41) is 3.19. The summed E-state index contributed by atoms with van der Waals surface area (Å²) in [6.07, 6.45) is 1.96. The van der Waals surface area contributed by atoms with Crippen molar-refractivity contribution < 1.29 is 4.79 Å². The standard InChI is InChI=1S/C13H23N3O/c1-5-15(6-2)13(17)10-16-9-7-8-12(16)11(3)14-4/h7-9,11,14H,5-6,10H2,1-4H3. The van der Waals surface area contributed by atoms with E-state index in [1.165, 1.54) is 0 Å². The number of carbonyl (C=O) groups excluding carboxylic acids is 1. The minimum absolute atomic E-state index is 0.177. The molecule has 1 unspecified atom stereocenters. The van der Waals surface area contributed by atoms with E-state index in [0.717, 1.165) is 18.8 Å². The van der Waals surface area contributed by atoms with Gasteiger partial charge in [0, 0.05) is 31.0 Å². The van der Waals surface area contributed by atoms with Gasteiger partial charge >= 0.3 is 0 Å². The molecule has 1 aromatic rings. The Bertz CT molecular complexity index is 355. The van der Waals surface area contributed by atoms with Gasteiger partial charge in [0.15, 0.2) is 0 Å². The van der Waals surface area contributed by atoms with Crippen LogP contribution in [-0.2, 0) is 11.3 Å². The van der Waals surface area contributed by atoms with E-state index in [1.807, 2.05) is 42.6 Å². The van der Waals surface area contributed by atoms with Gasteiger partial charge in [0.05, 0.1) is 0 Å². The van der Waals surface area contributed by atoms with E-state index in [2.05, 4.69) is 18.3 Å². The molecule has 1 aromatic heterocycles. The molecule has 1 heterocycles. The molecule has 0 saturated carbocycles. The van der Waals surface area contributed by atoms with Crippen LogP contribution in [0.2, 0.25) is 0 Å². The van der Waals surface area contributed by atoms with Crippen LogP contribution in [0.4, 0.5) is 0 Å². The first-order valence-electron chi connectivity index (χ1n) is 6.24. The second kappa shape index (κ2) is 6.45. The number of aromatic nitrogens is 1. The third-order valence-corrected chi connectivity index (χ3v) is 3.16. The van der Waals surface area contributed by atoms with Gasteiger partial charge in [-0.1, -0.05) is 0 Å². The summed E-state index contributed by atoms with van der Waals surface area (Å²) < 4.78 is 2.02. The molecule has 1 N–H and O–H groups in total. The third-order valence-electron chi connectivity index (χ3n) is 3.16. The van der Waals surface area contributed by atoms with Crippen LogP contribution in [-0.4, -0.2) is 35.5 Å². The number of nitrogens with zero attached hydrogens (tertiary/aromatic N) is 2. The molecule has 0 aliphatic heterocycles. The molecule has 0 aliphatic carbocycles. The predicted molar refractivity (Wildman–Crippen MR) is 69.8 cm³/mol. The van der Waals surface area contributed by atoms with Crippen molar-refractivity contribution in [2.24, 2.45) is 0 Å². The van der Waals surface area contributed by atoms with Gasteiger partial charge < -0.3 is 14.8 Å². The summed E-state index contributed by atoms with van der Waals surface area (Å²) in [5.74, 6) is 0.177. The summed E-state index contributed by atoms with van der Waals surface area (Å²) in [6, 6.07) is 4.30. The summed E-state index contributed by atoms with van der Waals surface area (Å²) in [5.41, 5.74) is 1.15. The Hall–Kier alpha value is -1.29. The Kier molecular flexibility index (Phi) is 5.22. The van der Waals surface area contributed by atoms with E-state index in [0.29, 0.717) is 6.54 Å². The van der Waals surface area contributed by atoms with E-state index in [1.54, 1.807) is 0 Å². The molecule has 0 saturated heterocycles. The maximum atomic E-state index is 12.0. The average Bonchev–Trinajstić information content (AvgIpc) is 2.77. The fourth-order valence-corrected chi connectivity index (χ4v) is 1.93. The first-order chi connectivity index (χ1) is 8.13. The maximum Gasteiger partial charge on any atom is 0.242 e. The fourth-order valence-electron chi connectivity index (χ4n) is 1.93. The van der Waals surface area contributed by atoms with Crippen molar-refractivity contribution in [3.8, 4) is 0 Å². The topological polar surface area (TPSA) is 37.3 Å². The lowest BCUT2D eigenvalue weighted by molar-refractivity contribution is -0.131. The number of hydrogen-bond acceptors (Lipinski definition) is 2. The van der Waals surface area contributed by atoms with Gasteiger partial charge in [-0.05, 0) is 40.0 Å². The lowest BCUT2D eigenvalue weighted by Crippen LogP contribution is -2.34. The summed E-state index contributed by atoms with van der Waals surface area (Å²) in [4.78, 5) is 13.9. The largest absolute Gasteiger partial charge is 0.342 e. The zero-order valence-electron chi connectivity index (χ0n) is 11.2. The lowest BCUT2D eigenvalue weighted by atomic mass is 10.2. The molecule has 0 aromatic carbocycles. The van der Waals surface area contributed by atoms with E-state index < -0.39 is 0 Å². The van der Waals surface area contributed by atoms with Gasteiger partial charge in [-0.25, -0.2) is 0 Å². The number of nitrogens with one attached hydrogen (secondary N) is 1. The Morgan fingerprint density at radius 2 is 2.12 bits per heavy atom. The molecule has 4 nitrogen and oxygen atoms in total. The number of amides is 1. The molecule has 0 aliphatic rings. The summed E-state index contributed by atoms with van der Waals surface area (Å²) in [7, 11) is 1.92. The normalized spacial score (nSPS) is 12.5. The van der Waals surface area contributed by atoms with Gasteiger partial charge in [0.1, 0.15) is 6.54 Å². The number of hydrogen-bond donors (Lipinski definition) is 1. The van der Waals surface area contributed by atoms with E-state index in [-0.39, 0.29) is 11.9 Å². The molecule has 4 heteroatoms. The molecule has 1 rings (SSSR count). The van der Waals surface area contributed by atoms with Crippen LogP contribution in [0.3, 0.4) is 0 Å². The molecule has 17 heavy (non-hydrogen) atoms. The maximum absolute atomic E-state index is 12.0. The summed E-state index contributed by atoms with van der Waals surface area (Å²) in [6.45, 7) is 8.08. The predicted octanol–water partition coefficient (Wildman–Crippen LogP) is 1.64. The van der Waals surface area contributed by atoms with E-state index in [9.17, 15) is 4.79 Å². The lowest BCUT2D eigenvalue weighted by Gasteiger charge is -2.21. The van der Waals surface area contributed by atoms with Crippen LogP contribution in [0.25, 0.3) is 0 Å². The Balaban J connectivity index is 2.75. The van der Waals surface area contributed by atoms with Crippen molar-refractivity contribution in [1.82, 2.24) is 14.8 Å². The number of carbonyl (C=O) groups is 1. The third kappa shape index (κ3) is 3.33. The smallest absolute Gasteiger partial charge is 0.242 e. The highest BCUT2D eigenvalue weighted by Gasteiger charge is 2.13. The molecular weight excluding hydrogens is 214 g/mol. The molecule has 0 spiro atoms. The first kappa shape index (κ1) is 13.8. The van der Waals surface area contributed by atoms with Crippen LogP contribution >= 0.6 is 0 Å². The second-order valence-corrected chi connectivity index (χ2v) is 4.14. The van der Waals surface area contributed by atoms with E-state index in [4.69, 9.17) is 0 Å². The Morgan fingerprint density at radius 1 is 1.47 bits per heavy atom. The Labute approximate surface area is 104 Å². The molecule has 96 valence electrons. The molecule has 1 amide bonds. The van der Waals surface area contributed by atoms with Crippen molar-refractivity contribution in [3.05, 3.63) is 24.0 Å². The molecular formula is C13H23N3O.